The largest absolute Gasteiger partial charge is 0.370 e. The van der Waals surface area contributed by atoms with E-state index in [1.807, 2.05) is 13.0 Å². The van der Waals surface area contributed by atoms with Crippen molar-refractivity contribution < 1.29 is 0 Å². The summed E-state index contributed by atoms with van der Waals surface area (Å²) in [4.78, 5) is 5.50. The molecule has 0 bridgehead atoms. The summed E-state index contributed by atoms with van der Waals surface area (Å²) in [5.41, 5.74) is 11.4. The maximum Gasteiger partial charge on any atom is 0.221 e. The lowest BCUT2D eigenvalue weighted by atomic mass is 10.2. The minimum atomic E-state index is -0.131. The standard InChI is InChI=1S/C12H17Cl2N5/c1-2-5-19(12(17)18-11(15)16)7-8-3-4-9(13)6-10(8)14/h3-4,6H,2,5,7H2,1H3,(H5,15,16,17,18). The van der Waals surface area contributed by atoms with Crippen LogP contribution >= 0.6 is 23.2 Å². The fraction of sp³-hybridized carbons (Fsp3) is 0.333. The molecule has 7 heteroatoms. The lowest BCUT2D eigenvalue weighted by Crippen LogP contribution is -2.33. The van der Waals surface area contributed by atoms with Gasteiger partial charge in [-0.1, -0.05) is 36.2 Å². The molecule has 5 N–H and O–H groups in total. The number of nitrogens with two attached hydrogens (primary N) is 2. The molecule has 0 aliphatic heterocycles. The van der Waals surface area contributed by atoms with Crippen molar-refractivity contribution in [2.24, 2.45) is 16.5 Å². The number of hydrogen-bond donors (Lipinski definition) is 3. The summed E-state index contributed by atoms with van der Waals surface area (Å²) in [5, 5.41) is 8.99. The van der Waals surface area contributed by atoms with Crippen LogP contribution in [0.25, 0.3) is 0 Å². The summed E-state index contributed by atoms with van der Waals surface area (Å²) in [6.45, 7) is 3.13. The Balaban J connectivity index is 2.89. The van der Waals surface area contributed by atoms with Gasteiger partial charge in [0.2, 0.25) is 5.96 Å². The van der Waals surface area contributed by atoms with Gasteiger partial charge >= 0.3 is 0 Å². The van der Waals surface area contributed by atoms with Crippen LogP contribution in [0.3, 0.4) is 0 Å². The molecule has 5 nitrogen and oxygen atoms in total. The predicted octanol–water partition coefficient (Wildman–Crippen LogP) is 2.41. The van der Waals surface area contributed by atoms with Gasteiger partial charge in [0.15, 0.2) is 5.96 Å². The average molecular weight is 302 g/mol. The highest BCUT2D eigenvalue weighted by Gasteiger charge is 2.11. The first-order valence-electron chi connectivity index (χ1n) is 5.81. The van der Waals surface area contributed by atoms with E-state index < -0.39 is 0 Å². The van der Waals surface area contributed by atoms with Crippen molar-refractivity contribution in [1.29, 1.82) is 5.41 Å². The van der Waals surface area contributed by atoms with Crippen LogP contribution in [0.4, 0.5) is 0 Å². The van der Waals surface area contributed by atoms with Crippen LogP contribution in [0.1, 0.15) is 18.9 Å². The van der Waals surface area contributed by atoms with E-state index in [-0.39, 0.29) is 11.9 Å². The number of halogens is 2. The lowest BCUT2D eigenvalue weighted by molar-refractivity contribution is 0.405. The number of rotatable bonds is 4. The van der Waals surface area contributed by atoms with E-state index in [4.69, 9.17) is 40.1 Å². The highest BCUT2D eigenvalue weighted by Crippen LogP contribution is 2.22. The fourth-order valence-corrected chi connectivity index (χ4v) is 2.05. The van der Waals surface area contributed by atoms with Crippen molar-refractivity contribution in [3.8, 4) is 0 Å². The zero-order valence-corrected chi connectivity index (χ0v) is 12.2. The van der Waals surface area contributed by atoms with Crippen LogP contribution in [0.15, 0.2) is 23.2 Å². The van der Waals surface area contributed by atoms with Gasteiger partial charge in [-0.05, 0) is 24.1 Å². The van der Waals surface area contributed by atoms with Crippen molar-refractivity contribution in [1.82, 2.24) is 4.90 Å². The molecule has 0 aliphatic carbocycles. The number of hydrogen-bond acceptors (Lipinski definition) is 1. The van der Waals surface area contributed by atoms with E-state index in [1.54, 1.807) is 17.0 Å². The number of aliphatic imine (C=N–C) groups is 1. The van der Waals surface area contributed by atoms with Crippen LogP contribution in [0.2, 0.25) is 10.0 Å². The topological polar surface area (TPSA) is 91.5 Å². The van der Waals surface area contributed by atoms with Crippen molar-refractivity contribution in [2.45, 2.75) is 19.9 Å². The minimum Gasteiger partial charge on any atom is -0.370 e. The second-order valence-corrected chi connectivity index (χ2v) is 4.86. The van der Waals surface area contributed by atoms with Crippen LogP contribution in [-0.4, -0.2) is 23.4 Å². The van der Waals surface area contributed by atoms with Gasteiger partial charge in [-0.2, -0.15) is 4.99 Å². The molecule has 0 saturated carbocycles. The van der Waals surface area contributed by atoms with Crippen molar-refractivity contribution in [2.75, 3.05) is 6.54 Å². The Kier molecular flexibility index (Phi) is 5.92. The molecule has 0 unspecified atom stereocenters. The fourth-order valence-electron chi connectivity index (χ4n) is 1.58. The second kappa shape index (κ2) is 7.21. The predicted molar refractivity (Wildman–Crippen MR) is 80.7 cm³/mol. The molecule has 0 amide bonds. The van der Waals surface area contributed by atoms with Gasteiger partial charge in [0.1, 0.15) is 0 Å². The van der Waals surface area contributed by atoms with Crippen molar-refractivity contribution in [3.05, 3.63) is 33.8 Å². The van der Waals surface area contributed by atoms with E-state index >= 15 is 0 Å². The molecule has 0 saturated heterocycles. The van der Waals surface area contributed by atoms with Crippen molar-refractivity contribution in [3.63, 3.8) is 0 Å². The Bertz CT molecular complexity index is 483. The molecule has 1 aromatic rings. The molecule has 0 atom stereocenters. The third kappa shape index (κ3) is 4.96. The summed E-state index contributed by atoms with van der Waals surface area (Å²) in [6, 6.07) is 5.26. The van der Waals surface area contributed by atoms with E-state index in [1.165, 1.54) is 0 Å². The molecule has 104 valence electrons. The van der Waals surface area contributed by atoms with E-state index in [0.717, 1.165) is 12.0 Å². The molecule has 0 radical (unpaired) electrons. The Morgan fingerprint density at radius 3 is 2.58 bits per heavy atom. The minimum absolute atomic E-state index is 0.0212. The van der Waals surface area contributed by atoms with Gasteiger partial charge in [-0.3, -0.25) is 5.41 Å². The Hall–Kier alpha value is -1.46. The first kappa shape index (κ1) is 15.6. The smallest absolute Gasteiger partial charge is 0.221 e. The van der Waals surface area contributed by atoms with Gasteiger partial charge in [-0.25, -0.2) is 0 Å². The van der Waals surface area contributed by atoms with Crippen LogP contribution in [0.5, 0.6) is 0 Å². The third-order valence-electron chi connectivity index (χ3n) is 2.40. The van der Waals surface area contributed by atoms with Gasteiger partial charge < -0.3 is 16.4 Å². The van der Waals surface area contributed by atoms with Gasteiger partial charge in [0.25, 0.3) is 0 Å². The van der Waals surface area contributed by atoms with E-state index in [2.05, 4.69) is 4.99 Å². The van der Waals surface area contributed by atoms with Crippen LogP contribution in [0, 0.1) is 5.41 Å². The molecular weight excluding hydrogens is 285 g/mol. The quantitative estimate of drug-likeness (QED) is 0.589. The van der Waals surface area contributed by atoms with E-state index in [9.17, 15) is 0 Å². The number of nitrogens with zero attached hydrogens (tertiary/aromatic N) is 2. The zero-order chi connectivity index (χ0) is 14.4. The van der Waals surface area contributed by atoms with E-state index in [0.29, 0.717) is 23.1 Å². The highest BCUT2D eigenvalue weighted by atomic mass is 35.5. The first-order valence-corrected chi connectivity index (χ1v) is 6.56. The highest BCUT2D eigenvalue weighted by molar-refractivity contribution is 6.35. The molecule has 0 aliphatic rings. The first-order chi connectivity index (χ1) is 8.93. The number of guanidine groups is 2. The Morgan fingerprint density at radius 1 is 1.37 bits per heavy atom. The summed E-state index contributed by atoms with van der Waals surface area (Å²) in [5.74, 6) is -0.110. The summed E-state index contributed by atoms with van der Waals surface area (Å²) < 4.78 is 0. The van der Waals surface area contributed by atoms with Crippen LogP contribution < -0.4 is 11.5 Å². The lowest BCUT2D eigenvalue weighted by Gasteiger charge is -2.22. The normalized spacial score (nSPS) is 10.1. The summed E-state index contributed by atoms with van der Waals surface area (Å²) in [6.07, 6.45) is 0.869. The Labute approximate surface area is 122 Å². The van der Waals surface area contributed by atoms with Gasteiger partial charge in [0, 0.05) is 23.1 Å². The number of nitrogens with one attached hydrogen (secondary N) is 1. The molecule has 0 heterocycles. The molecule has 0 fully saturated rings. The maximum absolute atomic E-state index is 7.85. The molecule has 0 aromatic heterocycles. The summed E-state index contributed by atoms with van der Waals surface area (Å²) in [7, 11) is 0. The molecule has 1 aromatic carbocycles. The molecule has 1 rings (SSSR count). The van der Waals surface area contributed by atoms with Gasteiger partial charge in [-0.15, -0.1) is 0 Å². The summed E-state index contributed by atoms with van der Waals surface area (Å²) >= 11 is 12.0. The second-order valence-electron chi connectivity index (χ2n) is 4.02. The average Bonchev–Trinajstić information content (AvgIpc) is 2.30. The zero-order valence-electron chi connectivity index (χ0n) is 10.7. The van der Waals surface area contributed by atoms with Gasteiger partial charge in [0.05, 0.1) is 0 Å². The van der Waals surface area contributed by atoms with Crippen molar-refractivity contribution >= 4 is 35.1 Å². The number of benzene rings is 1. The Morgan fingerprint density at radius 2 is 2.05 bits per heavy atom. The monoisotopic (exact) mass is 301 g/mol. The SMILES string of the molecule is CCCN(Cc1ccc(Cl)cc1Cl)C(=N)N=C(N)N. The maximum atomic E-state index is 7.85. The molecule has 19 heavy (non-hydrogen) atoms. The molecule has 0 spiro atoms. The van der Waals surface area contributed by atoms with Crippen LogP contribution in [-0.2, 0) is 6.54 Å². The third-order valence-corrected chi connectivity index (χ3v) is 2.99. The molecular formula is C12H17Cl2N5.